The number of nitrogens with zero attached hydrogens (tertiary/aromatic N) is 2. The molecular weight excluding hydrogens is 392 g/mol. The van der Waals surface area contributed by atoms with Gasteiger partial charge in [-0.2, -0.15) is 5.26 Å². The molecule has 1 aromatic heterocycles. The van der Waals surface area contributed by atoms with Gasteiger partial charge < -0.3 is 9.84 Å². The van der Waals surface area contributed by atoms with Gasteiger partial charge in [-0.15, -0.1) is 0 Å². The largest absolute Gasteiger partial charge is 0.494 e. The Hall–Kier alpha value is -2.78. The molecule has 0 amide bonds. The third-order valence-corrected chi connectivity index (χ3v) is 5.10. The van der Waals surface area contributed by atoms with Crippen LogP contribution in [0.5, 0.6) is 11.6 Å². The number of ether oxygens (including phenoxy) is 1. The van der Waals surface area contributed by atoms with E-state index in [1.807, 2.05) is 6.07 Å². The molecular formula is C22H25ClN2O4. The topological polar surface area (TPSA) is 92.3 Å². The van der Waals surface area contributed by atoms with Gasteiger partial charge in [-0.25, -0.2) is 0 Å². The zero-order valence-electron chi connectivity index (χ0n) is 16.9. The SMILES string of the molecule is CCCCCCn1c(O)c(C(=O)C(C)Oc2ccccc2Cl)c(C)c(C#N)c1=O. The summed E-state index contributed by atoms with van der Waals surface area (Å²) in [4.78, 5) is 25.7. The molecule has 0 fully saturated rings. The molecule has 29 heavy (non-hydrogen) atoms. The molecule has 1 atom stereocenters. The van der Waals surface area contributed by atoms with Gasteiger partial charge in [-0.05, 0) is 38.0 Å². The van der Waals surface area contributed by atoms with Crippen LogP contribution in [0.1, 0.15) is 61.0 Å². The monoisotopic (exact) mass is 416 g/mol. The van der Waals surface area contributed by atoms with Crippen molar-refractivity contribution in [3.8, 4) is 17.7 Å². The summed E-state index contributed by atoms with van der Waals surface area (Å²) in [7, 11) is 0. The van der Waals surface area contributed by atoms with Gasteiger partial charge in [0.2, 0.25) is 11.7 Å². The molecule has 1 heterocycles. The highest BCUT2D eigenvalue weighted by atomic mass is 35.5. The van der Waals surface area contributed by atoms with Gasteiger partial charge >= 0.3 is 0 Å². The molecule has 154 valence electrons. The average Bonchev–Trinajstić information content (AvgIpc) is 2.69. The van der Waals surface area contributed by atoms with Crippen LogP contribution in [0.15, 0.2) is 29.1 Å². The lowest BCUT2D eigenvalue weighted by Gasteiger charge is -2.19. The molecule has 0 aliphatic heterocycles. The van der Waals surface area contributed by atoms with Crippen molar-refractivity contribution in [1.29, 1.82) is 5.26 Å². The second kappa shape index (κ2) is 10.1. The van der Waals surface area contributed by atoms with Gasteiger partial charge in [0.1, 0.15) is 17.4 Å². The third kappa shape index (κ3) is 4.99. The maximum atomic E-state index is 13.1. The first-order chi connectivity index (χ1) is 13.8. The van der Waals surface area contributed by atoms with Crippen LogP contribution in [0.2, 0.25) is 5.02 Å². The first-order valence-electron chi connectivity index (χ1n) is 9.65. The number of hydrogen-bond donors (Lipinski definition) is 1. The Morgan fingerprint density at radius 1 is 1.31 bits per heavy atom. The van der Waals surface area contributed by atoms with E-state index in [0.29, 0.717) is 17.2 Å². The lowest BCUT2D eigenvalue weighted by atomic mass is 9.99. The van der Waals surface area contributed by atoms with Gasteiger partial charge in [-0.1, -0.05) is 49.9 Å². The molecule has 1 aromatic carbocycles. The number of rotatable bonds is 9. The van der Waals surface area contributed by atoms with Crippen LogP contribution in [0.4, 0.5) is 0 Å². The number of Topliss-reactive ketones (excluding diaryl/α,β-unsaturated/α-hetero) is 1. The summed E-state index contributed by atoms with van der Waals surface area (Å²) >= 11 is 6.08. The van der Waals surface area contributed by atoms with E-state index in [4.69, 9.17) is 16.3 Å². The molecule has 0 saturated carbocycles. The molecule has 0 spiro atoms. The van der Waals surface area contributed by atoms with Crippen molar-refractivity contribution in [3.05, 3.63) is 56.3 Å². The Bertz CT molecular complexity index is 992. The maximum absolute atomic E-state index is 13.1. The number of hydrogen-bond acceptors (Lipinski definition) is 5. The number of ketones is 1. The van der Waals surface area contributed by atoms with E-state index in [0.717, 1.165) is 23.8 Å². The summed E-state index contributed by atoms with van der Waals surface area (Å²) in [5, 5.41) is 20.5. The number of nitriles is 1. The van der Waals surface area contributed by atoms with E-state index < -0.39 is 23.3 Å². The number of para-hydroxylation sites is 1. The molecule has 1 N–H and O–H groups in total. The fraction of sp³-hybridized carbons (Fsp3) is 0.409. The molecule has 0 aliphatic carbocycles. The van der Waals surface area contributed by atoms with Crippen molar-refractivity contribution in [2.24, 2.45) is 0 Å². The summed E-state index contributed by atoms with van der Waals surface area (Å²) in [5.74, 6) is -0.623. The summed E-state index contributed by atoms with van der Waals surface area (Å²) < 4.78 is 6.77. The minimum atomic E-state index is -0.975. The highest BCUT2D eigenvalue weighted by molar-refractivity contribution is 6.32. The summed E-state index contributed by atoms with van der Waals surface area (Å²) in [5.41, 5.74) is -0.655. The molecule has 0 aliphatic rings. The van der Waals surface area contributed by atoms with Crippen molar-refractivity contribution >= 4 is 17.4 Å². The van der Waals surface area contributed by atoms with Crippen molar-refractivity contribution < 1.29 is 14.6 Å². The lowest BCUT2D eigenvalue weighted by molar-refractivity contribution is 0.0812. The van der Waals surface area contributed by atoms with Crippen LogP contribution < -0.4 is 10.3 Å². The number of pyridine rings is 1. The van der Waals surface area contributed by atoms with Crippen LogP contribution in [0.3, 0.4) is 0 Å². The van der Waals surface area contributed by atoms with E-state index in [1.165, 1.54) is 13.8 Å². The second-order valence-corrected chi connectivity index (χ2v) is 7.29. The summed E-state index contributed by atoms with van der Waals surface area (Å²) in [6.45, 7) is 5.32. The molecule has 7 heteroatoms. The smallest absolute Gasteiger partial charge is 0.271 e. The lowest BCUT2D eigenvalue weighted by Crippen LogP contribution is -2.31. The number of carbonyl (C=O) groups is 1. The Kier molecular flexibility index (Phi) is 7.86. The Balaban J connectivity index is 2.42. The van der Waals surface area contributed by atoms with Crippen molar-refractivity contribution in [2.45, 2.75) is 59.1 Å². The zero-order valence-corrected chi connectivity index (χ0v) is 17.6. The predicted molar refractivity (Wildman–Crippen MR) is 112 cm³/mol. The highest BCUT2D eigenvalue weighted by Crippen LogP contribution is 2.28. The first-order valence-corrected chi connectivity index (χ1v) is 10.0. The number of benzene rings is 1. The van der Waals surface area contributed by atoms with Crippen molar-refractivity contribution in [2.75, 3.05) is 0 Å². The Labute approximate surface area is 175 Å². The first kappa shape index (κ1) is 22.5. The molecule has 2 aromatic rings. The quantitative estimate of drug-likeness (QED) is 0.475. The number of halogens is 1. The number of aromatic hydroxyl groups is 1. The third-order valence-electron chi connectivity index (χ3n) is 4.79. The van der Waals surface area contributed by atoms with Gasteiger partial charge in [0.15, 0.2) is 6.10 Å². The fourth-order valence-corrected chi connectivity index (χ4v) is 3.32. The normalized spacial score (nSPS) is 11.7. The molecule has 0 bridgehead atoms. The zero-order chi connectivity index (χ0) is 21.6. The van der Waals surface area contributed by atoms with E-state index in [-0.39, 0.29) is 23.2 Å². The van der Waals surface area contributed by atoms with Crippen LogP contribution in [-0.2, 0) is 6.54 Å². The summed E-state index contributed by atoms with van der Waals surface area (Å²) in [6.07, 6.45) is 2.60. The van der Waals surface area contributed by atoms with Crippen molar-refractivity contribution in [3.63, 3.8) is 0 Å². The van der Waals surface area contributed by atoms with Crippen molar-refractivity contribution in [1.82, 2.24) is 4.57 Å². The standard InChI is InChI=1S/C22H25ClN2O4/c1-4-5-6-9-12-25-21(27)16(13-24)14(2)19(22(25)28)20(26)15(3)29-18-11-8-7-10-17(18)23/h7-8,10-11,15,28H,4-6,9,12H2,1-3H3. The van der Waals surface area contributed by atoms with Gasteiger partial charge in [-0.3, -0.25) is 14.2 Å². The summed E-state index contributed by atoms with van der Waals surface area (Å²) in [6, 6.07) is 8.61. The van der Waals surface area contributed by atoms with Crippen LogP contribution >= 0.6 is 11.6 Å². The van der Waals surface area contributed by atoms with Gasteiger partial charge in [0.05, 0.1) is 10.6 Å². The van der Waals surface area contributed by atoms with E-state index in [9.17, 15) is 20.0 Å². The second-order valence-electron chi connectivity index (χ2n) is 6.88. The molecule has 0 saturated heterocycles. The molecule has 0 radical (unpaired) electrons. The molecule has 6 nitrogen and oxygen atoms in total. The van der Waals surface area contributed by atoms with E-state index >= 15 is 0 Å². The van der Waals surface area contributed by atoms with Gasteiger partial charge in [0.25, 0.3) is 5.56 Å². The minimum Gasteiger partial charge on any atom is -0.494 e. The highest BCUT2D eigenvalue weighted by Gasteiger charge is 2.28. The molecule has 2 rings (SSSR count). The van der Waals surface area contributed by atoms with Crippen LogP contribution in [0, 0.1) is 18.3 Å². The number of carbonyl (C=O) groups excluding carboxylic acids is 1. The van der Waals surface area contributed by atoms with Crippen LogP contribution in [0.25, 0.3) is 0 Å². The Morgan fingerprint density at radius 3 is 2.62 bits per heavy atom. The Morgan fingerprint density at radius 2 is 2.00 bits per heavy atom. The fourth-order valence-electron chi connectivity index (χ4n) is 3.14. The van der Waals surface area contributed by atoms with E-state index in [1.54, 1.807) is 24.3 Å². The van der Waals surface area contributed by atoms with Crippen LogP contribution in [-0.4, -0.2) is 21.6 Å². The molecule has 1 unspecified atom stereocenters. The maximum Gasteiger partial charge on any atom is 0.271 e. The predicted octanol–water partition coefficient (Wildman–Crippen LogP) is 4.62. The number of aromatic nitrogens is 1. The minimum absolute atomic E-state index is 0.0730. The van der Waals surface area contributed by atoms with Gasteiger partial charge in [0, 0.05) is 6.54 Å². The van der Waals surface area contributed by atoms with E-state index in [2.05, 4.69) is 6.92 Å². The average molecular weight is 417 g/mol. The number of unbranched alkanes of at least 4 members (excludes halogenated alkanes) is 3.